The van der Waals surface area contributed by atoms with Gasteiger partial charge in [-0.1, -0.05) is 0 Å². The van der Waals surface area contributed by atoms with Gasteiger partial charge in [0, 0.05) is 11.4 Å². The van der Waals surface area contributed by atoms with Crippen molar-refractivity contribution in [2.45, 2.75) is 24.9 Å². The second-order valence-corrected chi connectivity index (χ2v) is 6.63. The molecule has 2 heterocycles. The maximum Gasteiger partial charge on any atom is 0.242 e. The lowest BCUT2D eigenvalue weighted by Crippen LogP contribution is -2.25. The van der Waals surface area contributed by atoms with Crippen LogP contribution in [0.5, 0.6) is 0 Å². The molecule has 0 spiro atoms. The first-order chi connectivity index (χ1) is 9.04. The predicted molar refractivity (Wildman–Crippen MR) is 72.2 cm³/mol. The van der Waals surface area contributed by atoms with Gasteiger partial charge in [-0.3, -0.25) is 5.10 Å². The van der Waals surface area contributed by atoms with Gasteiger partial charge >= 0.3 is 0 Å². The third kappa shape index (κ3) is 3.18. The van der Waals surface area contributed by atoms with E-state index in [0.29, 0.717) is 17.3 Å². The molecule has 3 N–H and O–H groups in total. The Bertz CT molecular complexity index is 633. The number of nitrogens with zero attached hydrogens (tertiary/aromatic N) is 2. The van der Waals surface area contributed by atoms with E-state index in [2.05, 4.69) is 25.2 Å². The van der Waals surface area contributed by atoms with Gasteiger partial charge in [0.1, 0.15) is 17.0 Å². The molecular formula is C10H15N5O2S2. The standard InChI is InChI=1S/C10H15N5O2S2/c1-7-5-18-8(3-11-2)10(7)19(16,17)14-4-9-12-6-13-15-9/h5-6,11,14H,3-4H2,1-2H3,(H,12,13,15). The van der Waals surface area contributed by atoms with E-state index in [1.54, 1.807) is 14.0 Å². The van der Waals surface area contributed by atoms with Crippen LogP contribution in [-0.4, -0.2) is 30.6 Å². The van der Waals surface area contributed by atoms with Crippen LogP contribution in [0.4, 0.5) is 0 Å². The summed E-state index contributed by atoms with van der Waals surface area (Å²) in [7, 11) is -1.76. The topological polar surface area (TPSA) is 99.8 Å². The van der Waals surface area contributed by atoms with Gasteiger partial charge in [-0.2, -0.15) is 5.10 Å². The van der Waals surface area contributed by atoms with Crippen LogP contribution in [0.15, 0.2) is 16.6 Å². The number of nitrogens with one attached hydrogen (secondary N) is 3. The fourth-order valence-electron chi connectivity index (χ4n) is 1.68. The fourth-order valence-corrected chi connectivity index (χ4v) is 4.49. The molecule has 2 rings (SSSR count). The maximum absolute atomic E-state index is 12.3. The summed E-state index contributed by atoms with van der Waals surface area (Å²) in [5.41, 5.74) is 0.750. The monoisotopic (exact) mass is 301 g/mol. The number of H-pyrrole nitrogens is 1. The Morgan fingerprint density at radius 2 is 2.21 bits per heavy atom. The van der Waals surface area contributed by atoms with Crippen molar-refractivity contribution in [2.24, 2.45) is 0 Å². The molecule has 2 aromatic heterocycles. The first-order valence-electron chi connectivity index (χ1n) is 5.60. The number of aromatic nitrogens is 3. The highest BCUT2D eigenvalue weighted by Gasteiger charge is 2.22. The van der Waals surface area contributed by atoms with Crippen molar-refractivity contribution in [2.75, 3.05) is 7.05 Å². The lowest BCUT2D eigenvalue weighted by Gasteiger charge is -2.08. The van der Waals surface area contributed by atoms with Crippen molar-refractivity contribution >= 4 is 21.4 Å². The molecule has 0 aliphatic carbocycles. The first kappa shape index (κ1) is 14.1. The molecule has 0 radical (unpaired) electrons. The van der Waals surface area contributed by atoms with Crippen LogP contribution >= 0.6 is 11.3 Å². The molecule has 7 nitrogen and oxygen atoms in total. The quantitative estimate of drug-likeness (QED) is 0.716. The van der Waals surface area contributed by atoms with E-state index in [1.807, 2.05) is 5.38 Å². The molecule has 0 aliphatic heterocycles. The molecule has 0 atom stereocenters. The Labute approximate surface area is 115 Å². The fraction of sp³-hybridized carbons (Fsp3) is 0.400. The van der Waals surface area contributed by atoms with Gasteiger partial charge in [0.05, 0.1) is 6.54 Å². The summed E-state index contributed by atoms with van der Waals surface area (Å²) < 4.78 is 27.1. The normalized spacial score (nSPS) is 11.9. The minimum absolute atomic E-state index is 0.0939. The van der Waals surface area contributed by atoms with Crippen molar-refractivity contribution in [1.29, 1.82) is 0 Å². The van der Waals surface area contributed by atoms with Gasteiger partial charge in [-0.15, -0.1) is 11.3 Å². The minimum atomic E-state index is -3.54. The van der Waals surface area contributed by atoms with Gasteiger partial charge in [-0.05, 0) is 24.9 Å². The Hall–Kier alpha value is -1.29. The van der Waals surface area contributed by atoms with Crippen LogP contribution in [0.2, 0.25) is 0 Å². The number of aryl methyl sites for hydroxylation is 1. The van der Waals surface area contributed by atoms with Gasteiger partial charge in [0.25, 0.3) is 0 Å². The average Bonchev–Trinajstić information content (AvgIpc) is 2.97. The highest BCUT2D eigenvalue weighted by Crippen LogP contribution is 2.26. The summed E-state index contributed by atoms with van der Waals surface area (Å²) in [5.74, 6) is 0.478. The number of thiophene rings is 1. The molecule has 0 saturated heterocycles. The molecule has 0 aliphatic rings. The van der Waals surface area contributed by atoms with E-state index in [9.17, 15) is 8.42 Å². The number of hydrogen-bond acceptors (Lipinski definition) is 6. The van der Waals surface area contributed by atoms with Crippen molar-refractivity contribution in [3.05, 3.63) is 28.0 Å². The summed E-state index contributed by atoms with van der Waals surface area (Å²) in [6.07, 6.45) is 1.34. The zero-order valence-electron chi connectivity index (χ0n) is 10.6. The summed E-state index contributed by atoms with van der Waals surface area (Å²) in [5, 5.41) is 11.1. The summed E-state index contributed by atoms with van der Waals surface area (Å²) in [6, 6.07) is 0. The molecule has 2 aromatic rings. The van der Waals surface area contributed by atoms with Crippen LogP contribution in [0.1, 0.15) is 16.3 Å². The van der Waals surface area contributed by atoms with Crippen molar-refractivity contribution in [1.82, 2.24) is 25.2 Å². The van der Waals surface area contributed by atoms with E-state index in [-0.39, 0.29) is 6.54 Å². The second-order valence-electron chi connectivity index (χ2n) is 3.96. The molecule has 0 aromatic carbocycles. The van der Waals surface area contributed by atoms with Crippen LogP contribution in [0.3, 0.4) is 0 Å². The minimum Gasteiger partial charge on any atom is -0.315 e. The third-order valence-electron chi connectivity index (χ3n) is 2.49. The summed E-state index contributed by atoms with van der Waals surface area (Å²) >= 11 is 1.43. The summed E-state index contributed by atoms with van der Waals surface area (Å²) in [4.78, 5) is 5.03. The van der Waals surface area contributed by atoms with Gasteiger partial charge in [0.15, 0.2) is 0 Å². The lowest BCUT2D eigenvalue weighted by atomic mass is 10.3. The molecule has 19 heavy (non-hydrogen) atoms. The first-order valence-corrected chi connectivity index (χ1v) is 7.96. The van der Waals surface area contributed by atoms with Crippen LogP contribution in [0, 0.1) is 6.92 Å². The lowest BCUT2D eigenvalue weighted by molar-refractivity contribution is 0.577. The molecule has 0 saturated carbocycles. The zero-order chi connectivity index (χ0) is 13.9. The van der Waals surface area contributed by atoms with Crippen LogP contribution in [-0.2, 0) is 23.1 Å². The molecule has 9 heteroatoms. The summed E-state index contributed by atoms with van der Waals surface area (Å²) in [6.45, 7) is 2.41. The van der Waals surface area contributed by atoms with E-state index in [4.69, 9.17) is 0 Å². The SMILES string of the molecule is CNCc1scc(C)c1S(=O)(=O)NCc1ncn[nH]1. The largest absolute Gasteiger partial charge is 0.315 e. The number of aromatic amines is 1. The van der Waals surface area contributed by atoms with E-state index in [0.717, 1.165) is 10.4 Å². The van der Waals surface area contributed by atoms with Crippen LogP contribution < -0.4 is 10.0 Å². The highest BCUT2D eigenvalue weighted by atomic mass is 32.2. The molecule has 104 valence electrons. The van der Waals surface area contributed by atoms with E-state index in [1.165, 1.54) is 17.7 Å². The number of rotatable bonds is 6. The third-order valence-corrected chi connectivity index (χ3v) is 5.35. The molecule has 0 bridgehead atoms. The zero-order valence-corrected chi connectivity index (χ0v) is 12.2. The Balaban J connectivity index is 2.21. The van der Waals surface area contributed by atoms with E-state index >= 15 is 0 Å². The second kappa shape index (κ2) is 5.78. The number of sulfonamides is 1. The Kier molecular flexibility index (Phi) is 4.30. The predicted octanol–water partition coefficient (Wildman–Crippen LogP) is 0.373. The Morgan fingerprint density at radius 1 is 1.42 bits per heavy atom. The van der Waals surface area contributed by atoms with Gasteiger partial charge < -0.3 is 5.32 Å². The number of hydrogen-bond donors (Lipinski definition) is 3. The molecular weight excluding hydrogens is 286 g/mol. The van der Waals surface area contributed by atoms with Crippen molar-refractivity contribution in [3.8, 4) is 0 Å². The van der Waals surface area contributed by atoms with E-state index < -0.39 is 10.0 Å². The molecule has 0 fully saturated rings. The Morgan fingerprint density at radius 3 is 2.84 bits per heavy atom. The van der Waals surface area contributed by atoms with Crippen molar-refractivity contribution < 1.29 is 8.42 Å². The van der Waals surface area contributed by atoms with Crippen LogP contribution in [0.25, 0.3) is 0 Å². The maximum atomic E-state index is 12.3. The smallest absolute Gasteiger partial charge is 0.242 e. The highest BCUT2D eigenvalue weighted by molar-refractivity contribution is 7.89. The van der Waals surface area contributed by atoms with Gasteiger partial charge in [-0.25, -0.2) is 18.1 Å². The molecule has 0 unspecified atom stereocenters. The van der Waals surface area contributed by atoms with Gasteiger partial charge in [0.2, 0.25) is 10.0 Å². The van der Waals surface area contributed by atoms with Crippen molar-refractivity contribution in [3.63, 3.8) is 0 Å². The average molecular weight is 301 g/mol. The molecule has 0 amide bonds.